The average Bonchev–Trinajstić information content (AvgIpc) is 3.47. The van der Waals surface area contributed by atoms with Gasteiger partial charge in [0, 0.05) is 22.4 Å². The van der Waals surface area contributed by atoms with Crippen LogP contribution in [-0.4, -0.2) is 20.7 Å². The van der Waals surface area contributed by atoms with Crippen LogP contribution >= 0.6 is 11.3 Å². The lowest BCUT2D eigenvalue weighted by Crippen LogP contribution is -2.15. The number of halogens is 2. The summed E-state index contributed by atoms with van der Waals surface area (Å²) in [6.07, 6.45) is 0. The van der Waals surface area contributed by atoms with Crippen molar-refractivity contribution in [2.75, 3.05) is 5.32 Å². The maximum absolute atomic E-state index is 13.5. The molecule has 0 atom stereocenters. The van der Waals surface area contributed by atoms with Crippen LogP contribution in [0.25, 0.3) is 27.6 Å². The van der Waals surface area contributed by atoms with Gasteiger partial charge in [0.05, 0.1) is 5.69 Å². The Balaban J connectivity index is 1.45. The van der Waals surface area contributed by atoms with Gasteiger partial charge in [-0.25, -0.2) is 13.8 Å². The van der Waals surface area contributed by atoms with Crippen LogP contribution in [0, 0.1) is 18.6 Å². The van der Waals surface area contributed by atoms with E-state index in [1.807, 2.05) is 35.7 Å². The zero-order valence-corrected chi connectivity index (χ0v) is 16.9. The molecule has 3 heterocycles. The molecule has 0 saturated carbocycles. The molecule has 154 valence electrons. The maximum Gasteiger partial charge on any atom is 0.256 e. The molecule has 0 radical (unpaired) electrons. The summed E-state index contributed by atoms with van der Waals surface area (Å²) >= 11 is 1.33. The molecule has 31 heavy (non-hydrogen) atoms. The fourth-order valence-electron chi connectivity index (χ4n) is 3.14. The van der Waals surface area contributed by atoms with E-state index >= 15 is 0 Å². The van der Waals surface area contributed by atoms with Gasteiger partial charge in [0.15, 0.2) is 17.4 Å². The summed E-state index contributed by atoms with van der Waals surface area (Å²) in [6, 6.07) is 14.2. The van der Waals surface area contributed by atoms with E-state index in [-0.39, 0.29) is 5.56 Å². The van der Waals surface area contributed by atoms with Crippen molar-refractivity contribution < 1.29 is 18.0 Å². The van der Waals surface area contributed by atoms with Crippen molar-refractivity contribution in [1.29, 1.82) is 0 Å². The van der Waals surface area contributed by atoms with E-state index in [1.165, 1.54) is 22.1 Å². The lowest BCUT2D eigenvalue weighted by Gasteiger charge is -2.07. The maximum atomic E-state index is 13.5. The van der Waals surface area contributed by atoms with Crippen LogP contribution < -0.4 is 5.32 Å². The number of nitrogens with one attached hydrogen (secondary N) is 1. The third kappa shape index (κ3) is 3.59. The molecule has 6 nitrogen and oxygen atoms in total. The van der Waals surface area contributed by atoms with Crippen LogP contribution in [0.4, 0.5) is 14.6 Å². The summed E-state index contributed by atoms with van der Waals surface area (Å²) in [7, 11) is 0. The minimum absolute atomic E-state index is 0.00796. The predicted octanol–water partition coefficient (Wildman–Crippen LogP) is 5.58. The number of para-hydroxylation sites is 1. The first-order valence-electron chi connectivity index (χ1n) is 9.26. The Morgan fingerprint density at radius 1 is 1.10 bits per heavy atom. The van der Waals surface area contributed by atoms with E-state index in [0.717, 1.165) is 23.1 Å². The molecular formula is C22H14F2N4O2S. The number of furan rings is 1. The fraction of sp³-hybridized carbons (Fsp3) is 0.0455. The first kappa shape index (κ1) is 19.1. The SMILES string of the molecule is Cc1cc(NC(=O)c2ccc(F)c(F)c2)n(-c2nc(-c3cc4ccccc4o3)cs2)n1. The molecule has 0 saturated heterocycles. The molecule has 1 amide bonds. The largest absolute Gasteiger partial charge is 0.454 e. The van der Waals surface area contributed by atoms with E-state index in [2.05, 4.69) is 15.4 Å². The number of fused-ring (bicyclic) bond motifs is 1. The summed E-state index contributed by atoms with van der Waals surface area (Å²) < 4.78 is 34.0. The topological polar surface area (TPSA) is 73.0 Å². The van der Waals surface area contributed by atoms with Crippen LogP contribution in [0.15, 0.2) is 64.4 Å². The van der Waals surface area contributed by atoms with Gasteiger partial charge >= 0.3 is 0 Å². The lowest BCUT2D eigenvalue weighted by molar-refractivity contribution is 0.102. The van der Waals surface area contributed by atoms with Gasteiger partial charge in [-0.3, -0.25) is 4.79 Å². The number of aryl methyl sites for hydroxylation is 1. The monoisotopic (exact) mass is 436 g/mol. The number of thiazole rings is 1. The van der Waals surface area contributed by atoms with Crippen molar-refractivity contribution in [2.45, 2.75) is 6.92 Å². The number of hydrogen-bond acceptors (Lipinski definition) is 5. The molecule has 0 fully saturated rings. The minimum atomic E-state index is -1.09. The van der Waals surface area contributed by atoms with Crippen molar-refractivity contribution in [2.24, 2.45) is 0 Å². The summed E-state index contributed by atoms with van der Waals surface area (Å²) in [5.74, 6) is -1.71. The van der Waals surface area contributed by atoms with Crippen LogP contribution in [0.3, 0.4) is 0 Å². The van der Waals surface area contributed by atoms with Crippen LogP contribution in [0.5, 0.6) is 0 Å². The highest BCUT2D eigenvalue weighted by Gasteiger charge is 2.17. The molecule has 0 aliphatic rings. The molecule has 3 aromatic heterocycles. The second-order valence-corrected chi connectivity index (χ2v) is 7.67. The highest BCUT2D eigenvalue weighted by Crippen LogP contribution is 2.30. The summed E-state index contributed by atoms with van der Waals surface area (Å²) in [4.78, 5) is 17.1. The molecule has 2 aromatic carbocycles. The molecule has 0 aliphatic carbocycles. The van der Waals surface area contributed by atoms with Crippen molar-refractivity contribution in [3.63, 3.8) is 0 Å². The number of hydrogen-bond donors (Lipinski definition) is 1. The summed E-state index contributed by atoms with van der Waals surface area (Å²) in [6.45, 7) is 1.78. The highest BCUT2D eigenvalue weighted by molar-refractivity contribution is 7.12. The van der Waals surface area contributed by atoms with Gasteiger partial charge in [-0.1, -0.05) is 18.2 Å². The van der Waals surface area contributed by atoms with Crippen molar-refractivity contribution in [1.82, 2.24) is 14.8 Å². The zero-order valence-electron chi connectivity index (χ0n) is 16.1. The molecule has 0 unspecified atom stereocenters. The molecule has 5 aromatic rings. The Labute approximate surface area is 178 Å². The molecule has 0 bridgehead atoms. The average molecular weight is 436 g/mol. The second-order valence-electron chi connectivity index (χ2n) is 6.83. The molecule has 5 rings (SSSR count). The Kier molecular flexibility index (Phi) is 4.59. The van der Waals surface area contributed by atoms with Gasteiger partial charge < -0.3 is 9.73 Å². The van der Waals surface area contributed by atoms with E-state index < -0.39 is 17.5 Å². The van der Waals surface area contributed by atoms with E-state index in [0.29, 0.717) is 28.1 Å². The van der Waals surface area contributed by atoms with Gasteiger partial charge in [-0.2, -0.15) is 9.78 Å². The molecule has 0 spiro atoms. The van der Waals surface area contributed by atoms with Gasteiger partial charge in [0.25, 0.3) is 5.91 Å². The fourth-order valence-corrected chi connectivity index (χ4v) is 3.92. The van der Waals surface area contributed by atoms with Crippen LogP contribution in [0.2, 0.25) is 0 Å². The third-order valence-electron chi connectivity index (χ3n) is 4.61. The van der Waals surface area contributed by atoms with Gasteiger partial charge in [0.1, 0.15) is 17.1 Å². The molecular weight excluding hydrogens is 422 g/mol. The van der Waals surface area contributed by atoms with Crippen LogP contribution in [-0.2, 0) is 0 Å². The Morgan fingerprint density at radius 2 is 1.94 bits per heavy atom. The standard InChI is InChI=1S/C22H14F2N4O2S/c1-12-8-20(26-21(29)14-6-7-15(23)16(24)9-14)28(27-12)22-25-17(11-31-22)19-10-13-4-2-3-5-18(13)30-19/h2-11H,1H3,(H,26,29). The Bertz CT molecular complexity index is 1400. The lowest BCUT2D eigenvalue weighted by atomic mass is 10.2. The quantitative estimate of drug-likeness (QED) is 0.399. The van der Waals surface area contributed by atoms with Crippen LogP contribution in [0.1, 0.15) is 16.1 Å². The number of aromatic nitrogens is 3. The number of anilines is 1. The van der Waals surface area contributed by atoms with Crippen molar-refractivity contribution in [3.05, 3.63) is 82.9 Å². The number of carbonyl (C=O) groups is 1. The van der Waals surface area contributed by atoms with Gasteiger partial charge in [-0.15, -0.1) is 11.3 Å². The van der Waals surface area contributed by atoms with E-state index in [9.17, 15) is 13.6 Å². The number of nitrogens with zero attached hydrogens (tertiary/aromatic N) is 3. The minimum Gasteiger partial charge on any atom is -0.454 e. The van der Waals surface area contributed by atoms with E-state index in [4.69, 9.17) is 4.42 Å². The normalized spacial score (nSPS) is 11.2. The highest BCUT2D eigenvalue weighted by atomic mass is 32.1. The molecule has 9 heteroatoms. The summed E-state index contributed by atoms with van der Waals surface area (Å²) in [5, 5.41) is 10.4. The van der Waals surface area contributed by atoms with Crippen molar-refractivity contribution in [3.8, 4) is 16.6 Å². The summed E-state index contributed by atoms with van der Waals surface area (Å²) in [5.41, 5.74) is 2.05. The Hall–Kier alpha value is -3.85. The third-order valence-corrected chi connectivity index (χ3v) is 5.42. The molecule has 0 aliphatic heterocycles. The van der Waals surface area contributed by atoms with Gasteiger partial charge in [0.2, 0.25) is 5.13 Å². The zero-order chi connectivity index (χ0) is 21.5. The van der Waals surface area contributed by atoms with Crippen molar-refractivity contribution >= 4 is 34.0 Å². The smallest absolute Gasteiger partial charge is 0.256 e. The van der Waals surface area contributed by atoms with Gasteiger partial charge in [-0.05, 0) is 37.3 Å². The number of carbonyl (C=O) groups excluding carboxylic acids is 1. The van der Waals surface area contributed by atoms with E-state index in [1.54, 1.807) is 13.0 Å². The first-order chi connectivity index (χ1) is 15.0. The number of rotatable bonds is 4. The predicted molar refractivity (Wildman–Crippen MR) is 113 cm³/mol. The Morgan fingerprint density at radius 3 is 2.74 bits per heavy atom. The number of amides is 1. The second kappa shape index (κ2) is 7.44. The molecule has 1 N–H and O–H groups in total. The first-order valence-corrected chi connectivity index (χ1v) is 10.1. The number of benzene rings is 2.